The van der Waals surface area contributed by atoms with Crippen molar-refractivity contribution in [3.63, 3.8) is 0 Å². The van der Waals surface area contributed by atoms with E-state index in [0.717, 1.165) is 11.1 Å². The number of amides is 1. The zero-order valence-corrected chi connectivity index (χ0v) is 16.9. The lowest BCUT2D eigenvalue weighted by Crippen LogP contribution is -2.37. The van der Waals surface area contributed by atoms with Gasteiger partial charge in [-0.2, -0.15) is 0 Å². The molecule has 0 saturated heterocycles. The summed E-state index contributed by atoms with van der Waals surface area (Å²) in [5.41, 5.74) is 2.63. The van der Waals surface area contributed by atoms with Crippen LogP contribution in [0.1, 0.15) is 17.0 Å². The molecule has 7 heteroatoms. The Morgan fingerprint density at radius 1 is 1.14 bits per heavy atom. The standard InChI is InChI=1S/C22H25N3O4/c1-15-8-9-17(12-16(15)2)29-14-21(26)25(10-11-28-3)13-20-23-19-7-5-4-6-18(19)22(27)24-20/h4-9,12H,10-11,13-14H2,1-3H3,(H,23,24,27). The first-order valence-corrected chi connectivity index (χ1v) is 9.42. The normalized spacial score (nSPS) is 10.9. The largest absolute Gasteiger partial charge is 0.484 e. The predicted octanol–water partition coefficient (Wildman–Crippen LogP) is 2.59. The van der Waals surface area contributed by atoms with Crippen molar-refractivity contribution in [2.24, 2.45) is 0 Å². The van der Waals surface area contributed by atoms with E-state index in [1.807, 2.05) is 38.1 Å². The highest BCUT2D eigenvalue weighted by atomic mass is 16.5. The number of carbonyl (C=O) groups excluding carboxylic acids is 1. The van der Waals surface area contributed by atoms with Crippen molar-refractivity contribution in [2.45, 2.75) is 20.4 Å². The predicted molar refractivity (Wildman–Crippen MR) is 111 cm³/mol. The number of para-hydroxylation sites is 1. The van der Waals surface area contributed by atoms with Crippen molar-refractivity contribution in [3.8, 4) is 5.75 Å². The van der Waals surface area contributed by atoms with Gasteiger partial charge in [-0.3, -0.25) is 9.59 Å². The minimum atomic E-state index is -0.226. The number of methoxy groups -OCH3 is 1. The first-order chi connectivity index (χ1) is 14.0. The molecule has 29 heavy (non-hydrogen) atoms. The molecule has 0 fully saturated rings. The Hall–Kier alpha value is -3.19. The number of H-pyrrole nitrogens is 1. The van der Waals surface area contributed by atoms with Crippen LogP contribution in [0.15, 0.2) is 47.3 Å². The van der Waals surface area contributed by atoms with Crippen molar-refractivity contribution in [3.05, 3.63) is 69.8 Å². The fourth-order valence-electron chi connectivity index (χ4n) is 2.92. The van der Waals surface area contributed by atoms with Gasteiger partial charge in [-0.1, -0.05) is 18.2 Å². The molecule has 7 nitrogen and oxygen atoms in total. The number of rotatable bonds is 8. The lowest BCUT2D eigenvalue weighted by Gasteiger charge is -2.22. The maximum atomic E-state index is 12.8. The van der Waals surface area contributed by atoms with Crippen molar-refractivity contribution >= 4 is 16.8 Å². The maximum absolute atomic E-state index is 12.8. The highest BCUT2D eigenvalue weighted by molar-refractivity contribution is 5.78. The molecule has 3 aromatic rings. The second-order valence-electron chi connectivity index (χ2n) is 6.87. The molecular formula is C22H25N3O4. The lowest BCUT2D eigenvalue weighted by atomic mass is 10.1. The number of nitrogens with one attached hydrogen (secondary N) is 1. The summed E-state index contributed by atoms with van der Waals surface area (Å²) in [6, 6.07) is 12.8. The summed E-state index contributed by atoms with van der Waals surface area (Å²) in [6.45, 7) is 4.81. The number of hydrogen-bond donors (Lipinski definition) is 1. The Bertz CT molecular complexity index is 1060. The van der Waals surface area contributed by atoms with Gasteiger partial charge in [0.25, 0.3) is 11.5 Å². The van der Waals surface area contributed by atoms with Gasteiger partial charge in [0, 0.05) is 13.7 Å². The van der Waals surface area contributed by atoms with Gasteiger partial charge in [-0.15, -0.1) is 0 Å². The Labute approximate surface area is 169 Å². The summed E-state index contributed by atoms with van der Waals surface area (Å²) in [4.78, 5) is 33.8. The molecule has 0 aliphatic carbocycles. The van der Waals surface area contributed by atoms with E-state index in [4.69, 9.17) is 9.47 Å². The minimum Gasteiger partial charge on any atom is -0.484 e. The van der Waals surface area contributed by atoms with E-state index in [1.165, 1.54) is 0 Å². The van der Waals surface area contributed by atoms with E-state index >= 15 is 0 Å². The molecule has 0 saturated carbocycles. The zero-order valence-electron chi connectivity index (χ0n) is 16.9. The number of hydrogen-bond acceptors (Lipinski definition) is 5. The maximum Gasteiger partial charge on any atom is 0.260 e. The third kappa shape index (κ3) is 5.20. The number of aromatic nitrogens is 2. The molecule has 152 valence electrons. The van der Waals surface area contributed by atoms with Crippen LogP contribution in [0.4, 0.5) is 0 Å². The van der Waals surface area contributed by atoms with E-state index in [1.54, 1.807) is 30.2 Å². The van der Waals surface area contributed by atoms with Crippen LogP contribution in [-0.2, 0) is 16.1 Å². The molecule has 0 atom stereocenters. The average molecular weight is 395 g/mol. The summed E-state index contributed by atoms with van der Waals surface area (Å²) in [6.07, 6.45) is 0. The fraction of sp³-hybridized carbons (Fsp3) is 0.318. The minimum absolute atomic E-state index is 0.107. The molecule has 1 aromatic heterocycles. The molecule has 0 spiro atoms. The Morgan fingerprint density at radius 3 is 2.69 bits per heavy atom. The molecule has 2 aromatic carbocycles. The molecule has 0 bridgehead atoms. The SMILES string of the molecule is COCCN(Cc1nc2ccccc2c(=O)[nH]1)C(=O)COc1ccc(C)c(C)c1. The first-order valence-electron chi connectivity index (χ1n) is 9.42. The highest BCUT2D eigenvalue weighted by Gasteiger charge is 2.17. The summed E-state index contributed by atoms with van der Waals surface area (Å²) in [5.74, 6) is 0.853. The number of aromatic amines is 1. The van der Waals surface area contributed by atoms with E-state index < -0.39 is 0 Å². The van der Waals surface area contributed by atoms with Crippen LogP contribution in [0.3, 0.4) is 0 Å². The van der Waals surface area contributed by atoms with Gasteiger partial charge in [0.05, 0.1) is 24.1 Å². The molecule has 3 rings (SSSR count). The van der Waals surface area contributed by atoms with Crippen LogP contribution in [0, 0.1) is 13.8 Å². The van der Waals surface area contributed by atoms with Crippen LogP contribution in [0.5, 0.6) is 5.75 Å². The van der Waals surface area contributed by atoms with E-state index in [2.05, 4.69) is 9.97 Å². The lowest BCUT2D eigenvalue weighted by molar-refractivity contribution is -0.134. The molecular weight excluding hydrogens is 370 g/mol. The quantitative estimate of drug-likeness (QED) is 0.634. The summed E-state index contributed by atoms with van der Waals surface area (Å²) in [7, 11) is 1.57. The zero-order chi connectivity index (χ0) is 20.8. The summed E-state index contributed by atoms with van der Waals surface area (Å²) < 4.78 is 10.8. The fourth-order valence-corrected chi connectivity index (χ4v) is 2.92. The number of ether oxygens (including phenoxy) is 2. The van der Waals surface area contributed by atoms with Gasteiger partial charge in [0.2, 0.25) is 0 Å². The molecule has 0 aliphatic heterocycles. The van der Waals surface area contributed by atoms with Crippen LogP contribution < -0.4 is 10.3 Å². The Morgan fingerprint density at radius 2 is 1.93 bits per heavy atom. The van der Waals surface area contributed by atoms with Gasteiger partial charge < -0.3 is 19.4 Å². The van der Waals surface area contributed by atoms with Crippen LogP contribution in [0.25, 0.3) is 10.9 Å². The average Bonchev–Trinajstić information content (AvgIpc) is 2.71. The van der Waals surface area contributed by atoms with Crippen molar-refractivity contribution < 1.29 is 14.3 Å². The third-order valence-corrected chi connectivity index (χ3v) is 4.76. The van der Waals surface area contributed by atoms with Crippen molar-refractivity contribution in [1.29, 1.82) is 0 Å². The highest BCUT2D eigenvalue weighted by Crippen LogP contribution is 2.16. The summed E-state index contributed by atoms with van der Waals surface area (Å²) in [5, 5.41) is 0.518. The van der Waals surface area contributed by atoms with E-state index in [9.17, 15) is 9.59 Å². The van der Waals surface area contributed by atoms with E-state index in [-0.39, 0.29) is 24.6 Å². The molecule has 0 radical (unpaired) electrons. The number of benzene rings is 2. The van der Waals surface area contributed by atoms with Gasteiger partial charge >= 0.3 is 0 Å². The van der Waals surface area contributed by atoms with Crippen LogP contribution >= 0.6 is 0 Å². The molecule has 1 heterocycles. The molecule has 0 aliphatic rings. The van der Waals surface area contributed by atoms with Gasteiger partial charge in [0.15, 0.2) is 6.61 Å². The Balaban J connectivity index is 1.73. The smallest absolute Gasteiger partial charge is 0.260 e. The van der Waals surface area contributed by atoms with Crippen LogP contribution in [-0.4, -0.2) is 47.6 Å². The van der Waals surface area contributed by atoms with Crippen molar-refractivity contribution in [2.75, 3.05) is 26.9 Å². The Kier molecular flexibility index (Phi) is 6.61. The summed E-state index contributed by atoms with van der Waals surface area (Å²) >= 11 is 0. The number of nitrogens with zero attached hydrogens (tertiary/aromatic N) is 2. The van der Waals surface area contributed by atoms with Gasteiger partial charge in [-0.25, -0.2) is 4.98 Å². The number of aryl methyl sites for hydroxylation is 2. The van der Waals surface area contributed by atoms with Crippen LogP contribution in [0.2, 0.25) is 0 Å². The van der Waals surface area contributed by atoms with Crippen molar-refractivity contribution in [1.82, 2.24) is 14.9 Å². The molecule has 1 amide bonds. The molecule has 0 unspecified atom stereocenters. The second-order valence-corrected chi connectivity index (χ2v) is 6.87. The topological polar surface area (TPSA) is 84.5 Å². The number of fused-ring (bicyclic) bond motifs is 1. The third-order valence-electron chi connectivity index (χ3n) is 4.76. The van der Waals surface area contributed by atoms with E-state index in [0.29, 0.717) is 35.6 Å². The van der Waals surface area contributed by atoms with Gasteiger partial charge in [0.1, 0.15) is 11.6 Å². The molecule has 1 N–H and O–H groups in total. The first kappa shape index (κ1) is 20.5. The second kappa shape index (κ2) is 9.34. The number of carbonyl (C=O) groups is 1. The van der Waals surface area contributed by atoms with Gasteiger partial charge in [-0.05, 0) is 49.2 Å². The monoisotopic (exact) mass is 395 g/mol.